The van der Waals surface area contributed by atoms with E-state index in [1.807, 2.05) is 0 Å². The van der Waals surface area contributed by atoms with Crippen LogP contribution in [0.1, 0.15) is 33.1 Å². The van der Waals surface area contributed by atoms with E-state index in [9.17, 15) is 8.78 Å². The molecule has 1 aromatic carbocycles. The number of benzene rings is 1. The van der Waals surface area contributed by atoms with E-state index in [2.05, 4.69) is 23.9 Å². The molecule has 0 saturated heterocycles. The Hall–Kier alpha value is -1.32. The lowest BCUT2D eigenvalue weighted by Crippen LogP contribution is -2.17. The first-order valence-corrected chi connectivity index (χ1v) is 5.97. The molecular weight excluding hydrogens is 224 g/mol. The van der Waals surface area contributed by atoms with Crippen LogP contribution in [0.5, 0.6) is 5.75 Å². The highest BCUT2D eigenvalue weighted by molar-refractivity contribution is 5.47. The van der Waals surface area contributed by atoms with Crippen LogP contribution in [0.4, 0.5) is 14.5 Å². The van der Waals surface area contributed by atoms with Gasteiger partial charge in [-0.1, -0.05) is 20.3 Å². The third-order valence-electron chi connectivity index (χ3n) is 2.58. The highest BCUT2D eigenvalue weighted by Gasteiger charge is 2.06. The van der Waals surface area contributed by atoms with Gasteiger partial charge in [-0.15, -0.1) is 0 Å². The van der Waals surface area contributed by atoms with Crippen LogP contribution in [0, 0.1) is 0 Å². The van der Waals surface area contributed by atoms with Crippen molar-refractivity contribution in [3.8, 4) is 5.75 Å². The van der Waals surface area contributed by atoms with Gasteiger partial charge in [0, 0.05) is 11.7 Å². The fourth-order valence-electron chi connectivity index (χ4n) is 1.70. The monoisotopic (exact) mass is 243 g/mol. The summed E-state index contributed by atoms with van der Waals surface area (Å²) in [5.41, 5.74) is 0.937. The maximum Gasteiger partial charge on any atom is 0.387 e. The second-order valence-electron chi connectivity index (χ2n) is 3.94. The van der Waals surface area contributed by atoms with E-state index < -0.39 is 6.61 Å². The third kappa shape index (κ3) is 5.02. The standard InChI is InChI=1S/C13H19F2NO/c1-3-5-10(4-2)16-11-6-8-12(9-7-11)17-13(14)15/h6-10,13,16H,3-5H2,1-2H3. The molecule has 0 saturated carbocycles. The minimum absolute atomic E-state index is 0.189. The Balaban J connectivity index is 2.54. The molecule has 0 aliphatic carbocycles. The smallest absolute Gasteiger partial charge is 0.387 e. The molecule has 0 heterocycles. The highest BCUT2D eigenvalue weighted by atomic mass is 19.3. The maximum absolute atomic E-state index is 11.9. The molecule has 0 aromatic heterocycles. The van der Waals surface area contributed by atoms with Gasteiger partial charge >= 0.3 is 6.61 Å². The van der Waals surface area contributed by atoms with Gasteiger partial charge in [-0.25, -0.2) is 0 Å². The normalized spacial score (nSPS) is 12.5. The second kappa shape index (κ2) is 7.09. The molecule has 0 aliphatic rings. The second-order valence-corrected chi connectivity index (χ2v) is 3.94. The average Bonchev–Trinajstić information content (AvgIpc) is 2.30. The molecule has 1 unspecified atom stereocenters. The minimum Gasteiger partial charge on any atom is -0.435 e. The largest absolute Gasteiger partial charge is 0.435 e. The zero-order chi connectivity index (χ0) is 12.7. The van der Waals surface area contributed by atoms with Crippen molar-refractivity contribution in [2.24, 2.45) is 0 Å². The summed E-state index contributed by atoms with van der Waals surface area (Å²) in [6.07, 6.45) is 3.27. The first-order chi connectivity index (χ1) is 8.15. The molecule has 96 valence electrons. The minimum atomic E-state index is -2.77. The number of ether oxygens (including phenoxy) is 1. The molecule has 0 amide bonds. The van der Waals surface area contributed by atoms with Gasteiger partial charge in [0.15, 0.2) is 0 Å². The molecule has 0 bridgehead atoms. The summed E-state index contributed by atoms with van der Waals surface area (Å²) in [5, 5.41) is 3.37. The van der Waals surface area contributed by atoms with Crippen molar-refractivity contribution in [3.63, 3.8) is 0 Å². The zero-order valence-corrected chi connectivity index (χ0v) is 10.2. The van der Waals surface area contributed by atoms with Crippen molar-refractivity contribution >= 4 is 5.69 Å². The van der Waals surface area contributed by atoms with Gasteiger partial charge in [0.2, 0.25) is 0 Å². The van der Waals surface area contributed by atoms with Gasteiger partial charge in [-0.3, -0.25) is 0 Å². The number of alkyl halides is 2. The number of nitrogens with one attached hydrogen (secondary N) is 1. The van der Waals surface area contributed by atoms with Gasteiger partial charge < -0.3 is 10.1 Å². The number of hydrogen-bond acceptors (Lipinski definition) is 2. The Labute approximate surface area is 101 Å². The Morgan fingerprint density at radius 3 is 2.29 bits per heavy atom. The summed E-state index contributed by atoms with van der Waals surface area (Å²) in [5.74, 6) is 0.189. The molecule has 0 aliphatic heterocycles. The van der Waals surface area contributed by atoms with Crippen molar-refractivity contribution in [3.05, 3.63) is 24.3 Å². The van der Waals surface area contributed by atoms with Gasteiger partial charge in [0.25, 0.3) is 0 Å². The quantitative estimate of drug-likeness (QED) is 0.771. The van der Waals surface area contributed by atoms with E-state index in [0.717, 1.165) is 24.9 Å². The van der Waals surface area contributed by atoms with Gasteiger partial charge in [0.1, 0.15) is 5.75 Å². The van der Waals surface area contributed by atoms with E-state index in [-0.39, 0.29) is 5.75 Å². The lowest BCUT2D eigenvalue weighted by atomic mass is 10.1. The fraction of sp³-hybridized carbons (Fsp3) is 0.538. The van der Waals surface area contributed by atoms with Crippen molar-refractivity contribution in [2.75, 3.05) is 5.32 Å². The van der Waals surface area contributed by atoms with Crippen molar-refractivity contribution in [1.29, 1.82) is 0 Å². The Morgan fingerprint density at radius 1 is 1.18 bits per heavy atom. The molecule has 1 rings (SSSR count). The van der Waals surface area contributed by atoms with E-state index >= 15 is 0 Å². The molecule has 1 atom stereocenters. The summed E-state index contributed by atoms with van der Waals surface area (Å²) in [6.45, 7) is 1.50. The average molecular weight is 243 g/mol. The maximum atomic E-state index is 11.9. The van der Waals surface area contributed by atoms with Crippen LogP contribution in [-0.2, 0) is 0 Å². The molecule has 1 aromatic rings. The fourth-order valence-corrected chi connectivity index (χ4v) is 1.70. The van der Waals surface area contributed by atoms with Crippen LogP contribution in [0.2, 0.25) is 0 Å². The number of anilines is 1. The molecule has 0 spiro atoms. The van der Waals surface area contributed by atoms with E-state index in [0.29, 0.717) is 6.04 Å². The lowest BCUT2D eigenvalue weighted by molar-refractivity contribution is -0.0498. The van der Waals surface area contributed by atoms with E-state index in [1.54, 1.807) is 24.3 Å². The zero-order valence-electron chi connectivity index (χ0n) is 10.2. The number of rotatable bonds is 7. The molecule has 1 N–H and O–H groups in total. The third-order valence-corrected chi connectivity index (χ3v) is 2.58. The van der Waals surface area contributed by atoms with Gasteiger partial charge in [-0.2, -0.15) is 8.78 Å². The summed E-state index contributed by atoms with van der Waals surface area (Å²) in [6, 6.07) is 7.05. The molecule has 4 heteroatoms. The number of hydrogen-bond donors (Lipinski definition) is 1. The van der Waals surface area contributed by atoms with Crippen LogP contribution in [0.15, 0.2) is 24.3 Å². The Kier molecular flexibility index (Phi) is 5.73. The van der Waals surface area contributed by atoms with Crippen LogP contribution < -0.4 is 10.1 Å². The van der Waals surface area contributed by atoms with Crippen LogP contribution in [0.25, 0.3) is 0 Å². The van der Waals surface area contributed by atoms with Crippen LogP contribution in [-0.4, -0.2) is 12.7 Å². The predicted octanol–water partition coefficient (Wildman–Crippen LogP) is 4.28. The topological polar surface area (TPSA) is 21.3 Å². The van der Waals surface area contributed by atoms with Crippen LogP contribution in [0.3, 0.4) is 0 Å². The summed E-state index contributed by atoms with van der Waals surface area (Å²) < 4.78 is 28.2. The summed E-state index contributed by atoms with van der Waals surface area (Å²) >= 11 is 0. The molecule has 0 radical (unpaired) electrons. The first kappa shape index (κ1) is 13.7. The predicted molar refractivity (Wildman–Crippen MR) is 65.7 cm³/mol. The van der Waals surface area contributed by atoms with Crippen molar-refractivity contribution in [1.82, 2.24) is 0 Å². The van der Waals surface area contributed by atoms with Gasteiger partial charge in [-0.05, 0) is 37.1 Å². The molecule has 2 nitrogen and oxygen atoms in total. The van der Waals surface area contributed by atoms with E-state index in [1.165, 1.54) is 0 Å². The van der Waals surface area contributed by atoms with E-state index in [4.69, 9.17) is 0 Å². The highest BCUT2D eigenvalue weighted by Crippen LogP contribution is 2.19. The molecule has 0 fully saturated rings. The van der Waals surface area contributed by atoms with Crippen molar-refractivity contribution < 1.29 is 13.5 Å². The Morgan fingerprint density at radius 2 is 1.82 bits per heavy atom. The SMILES string of the molecule is CCCC(CC)Nc1ccc(OC(F)F)cc1. The van der Waals surface area contributed by atoms with Crippen LogP contribution >= 0.6 is 0 Å². The first-order valence-electron chi connectivity index (χ1n) is 5.97. The Bertz CT molecular complexity index is 314. The summed E-state index contributed by atoms with van der Waals surface area (Å²) in [4.78, 5) is 0. The number of halogens is 2. The lowest BCUT2D eigenvalue weighted by Gasteiger charge is -2.17. The molecular formula is C13H19F2NO. The molecule has 17 heavy (non-hydrogen) atoms. The van der Waals surface area contributed by atoms with Gasteiger partial charge in [0.05, 0.1) is 0 Å². The van der Waals surface area contributed by atoms with Crippen molar-refractivity contribution in [2.45, 2.75) is 45.8 Å². The summed E-state index contributed by atoms with van der Waals surface area (Å²) in [7, 11) is 0.